The summed E-state index contributed by atoms with van der Waals surface area (Å²) in [7, 11) is 0. The number of nitrogens with zero attached hydrogens (tertiary/aromatic N) is 2. The van der Waals surface area contributed by atoms with Gasteiger partial charge in [-0.25, -0.2) is 9.97 Å². The van der Waals surface area contributed by atoms with Crippen molar-refractivity contribution in [3.63, 3.8) is 0 Å². The maximum absolute atomic E-state index is 6.00. The van der Waals surface area contributed by atoms with Crippen molar-refractivity contribution >= 4 is 57.6 Å². The molecule has 3 aromatic carbocycles. The SMILES string of the molecule is Clc1ccc2oc(/C=C/c3ccc(-c4nc5cc(Cl)ccc5o4)cc3)nc2c1. The molecule has 0 saturated heterocycles. The number of aromatic nitrogens is 2. The molecule has 0 radical (unpaired) electrons. The van der Waals surface area contributed by atoms with Crippen molar-refractivity contribution in [3.8, 4) is 11.5 Å². The first-order valence-corrected chi connectivity index (χ1v) is 9.30. The van der Waals surface area contributed by atoms with Crippen LogP contribution in [0, 0.1) is 0 Å². The maximum atomic E-state index is 6.00. The molecule has 0 spiro atoms. The predicted octanol–water partition coefficient (Wildman–Crippen LogP) is 7.11. The van der Waals surface area contributed by atoms with E-state index in [4.69, 9.17) is 32.0 Å². The summed E-state index contributed by atoms with van der Waals surface area (Å²) < 4.78 is 11.5. The zero-order valence-electron chi connectivity index (χ0n) is 14.4. The number of hydrogen-bond acceptors (Lipinski definition) is 4. The fraction of sp³-hybridized carbons (Fsp3) is 0. The minimum atomic E-state index is 0.525. The summed E-state index contributed by atoms with van der Waals surface area (Å²) in [6, 6.07) is 18.6. The molecule has 0 atom stereocenters. The molecule has 0 aliphatic rings. The van der Waals surface area contributed by atoms with E-state index in [1.54, 1.807) is 24.3 Å². The first-order chi connectivity index (χ1) is 13.6. The molecule has 0 fully saturated rings. The number of hydrogen-bond donors (Lipinski definition) is 0. The second-order valence-corrected chi connectivity index (χ2v) is 7.12. The Kier molecular flexibility index (Phi) is 4.15. The highest BCUT2D eigenvalue weighted by Gasteiger charge is 2.08. The van der Waals surface area contributed by atoms with Gasteiger partial charge in [-0.05, 0) is 60.2 Å². The Labute approximate surface area is 170 Å². The Bertz CT molecular complexity index is 1330. The Morgan fingerprint density at radius 3 is 2.04 bits per heavy atom. The molecule has 0 aliphatic carbocycles. The van der Waals surface area contributed by atoms with E-state index in [-0.39, 0.29) is 0 Å². The number of fused-ring (bicyclic) bond motifs is 2. The van der Waals surface area contributed by atoms with Gasteiger partial charge in [0, 0.05) is 21.7 Å². The van der Waals surface area contributed by atoms with Crippen LogP contribution in [0.4, 0.5) is 0 Å². The summed E-state index contributed by atoms with van der Waals surface area (Å²) in [5.74, 6) is 1.08. The highest BCUT2D eigenvalue weighted by atomic mass is 35.5. The molecule has 136 valence electrons. The summed E-state index contributed by atoms with van der Waals surface area (Å²) in [4.78, 5) is 8.90. The van der Waals surface area contributed by atoms with Crippen molar-refractivity contribution in [2.24, 2.45) is 0 Å². The molecule has 6 heteroatoms. The summed E-state index contributed by atoms with van der Waals surface area (Å²) in [6.45, 7) is 0. The zero-order valence-corrected chi connectivity index (χ0v) is 15.9. The monoisotopic (exact) mass is 406 g/mol. The maximum Gasteiger partial charge on any atom is 0.227 e. The van der Waals surface area contributed by atoms with Gasteiger partial charge in [0.1, 0.15) is 11.0 Å². The normalized spacial score (nSPS) is 11.8. The molecule has 0 unspecified atom stereocenters. The van der Waals surface area contributed by atoms with E-state index in [2.05, 4.69) is 9.97 Å². The quantitative estimate of drug-likeness (QED) is 0.320. The first kappa shape index (κ1) is 17.0. The van der Waals surface area contributed by atoms with Crippen molar-refractivity contribution in [2.45, 2.75) is 0 Å². The lowest BCUT2D eigenvalue weighted by molar-refractivity contribution is 0.589. The third-order valence-electron chi connectivity index (χ3n) is 4.29. The van der Waals surface area contributed by atoms with E-state index < -0.39 is 0 Å². The van der Waals surface area contributed by atoms with Crippen LogP contribution in [-0.2, 0) is 0 Å². The molecule has 5 rings (SSSR count). The van der Waals surface area contributed by atoms with Gasteiger partial charge in [0.2, 0.25) is 11.8 Å². The molecule has 0 saturated carbocycles. The van der Waals surface area contributed by atoms with Gasteiger partial charge in [0.15, 0.2) is 11.2 Å². The predicted molar refractivity (Wildman–Crippen MR) is 112 cm³/mol. The van der Waals surface area contributed by atoms with Crippen LogP contribution in [0.15, 0.2) is 69.5 Å². The van der Waals surface area contributed by atoms with Gasteiger partial charge < -0.3 is 8.83 Å². The summed E-state index contributed by atoms with van der Waals surface area (Å²) in [5, 5.41) is 1.27. The molecular formula is C22H12Cl2N2O2. The molecule has 0 amide bonds. The third-order valence-corrected chi connectivity index (χ3v) is 4.76. The fourth-order valence-corrected chi connectivity index (χ4v) is 3.25. The Morgan fingerprint density at radius 1 is 0.679 bits per heavy atom. The minimum absolute atomic E-state index is 0.525. The number of oxazole rings is 2. The van der Waals surface area contributed by atoms with Crippen molar-refractivity contribution in [2.75, 3.05) is 0 Å². The van der Waals surface area contributed by atoms with E-state index in [0.29, 0.717) is 33.0 Å². The average molecular weight is 407 g/mol. The fourth-order valence-electron chi connectivity index (χ4n) is 2.92. The highest BCUT2D eigenvalue weighted by Crippen LogP contribution is 2.27. The van der Waals surface area contributed by atoms with Gasteiger partial charge in [-0.15, -0.1) is 0 Å². The second-order valence-electron chi connectivity index (χ2n) is 6.25. The van der Waals surface area contributed by atoms with Gasteiger partial charge in [0.05, 0.1) is 0 Å². The van der Waals surface area contributed by atoms with Crippen molar-refractivity contribution in [1.82, 2.24) is 9.97 Å². The smallest absolute Gasteiger partial charge is 0.227 e. The molecule has 0 N–H and O–H groups in total. The van der Waals surface area contributed by atoms with E-state index in [9.17, 15) is 0 Å². The van der Waals surface area contributed by atoms with Crippen LogP contribution < -0.4 is 0 Å². The van der Waals surface area contributed by atoms with Crippen LogP contribution in [0.3, 0.4) is 0 Å². The number of rotatable bonds is 3. The van der Waals surface area contributed by atoms with Crippen LogP contribution in [-0.4, -0.2) is 9.97 Å². The topological polar surface area (TPSA) is 52.1 Å². The van der Waals surface area contributed by atoms with Crippen LogP contribution in [0.5, 0.6) is 0 Å². The summed E-state index contributed by atoms with van der Waals surface area (Å²) in [6.07, 6.45) is 3.76. The van der Waals surface area contributed by atoms with E-state index in [1.807, 2.05) is 48.6 Å². The largest absolute Gasteiger partial charge is 0.437 e. The van der Waals surface area contributed by atoms with Gasteiger partial charge in [-0.2, -0.15) is 0 Å². The number of halogens is 2. The lowest BCUT2D eigenvalue weighted by Crippen LogP contribution is -1.78. The number of benzene rings is 3. The molecule has 0 aliphatic heterocycles. The summed E-state index contributed by atoms with van der Waals surface area (Å²) in [5.41, 5.74) is 4.78. The second kappa shape index (κ2) is 6.82. The van der Waals surface area contributed by atoms with Gasteiger partial charge in [-0.1, -0.05) is 35.3 Å². The molecule has 2 aromatic heterocycles. The van der Waals surface area contributed by atoms with Crippen molar-refractivity contribution in [3.05, 3.63) is 82.2 Å². The standard InChI is InChI=1S/C22H12Cl2N2O2/c23-15-6-8-19-17(11-15)25-21(27-19)10-3-13-1-4-14(5-2-13)22-26-18-12-16(24)7-9-20(18)28-22/h1-12H/b10-3+. The van der Waals surface area contributed by atoms with Crippen LogP contribution >= 0.6 is 23.2 Å². The van der Waals surface area contributed by atoms with Crippen LogP contribution in [0.2, 0.25) is 10.0 Å². The lowest BCUT2D eigenvalue weighted by Gasteiger charge is -1.96. The van der Waals surface area contributed by atoms with Gasteiger partial charge in [-0.3, -0.25) is 0 Å². The molecule has 5 aromatic rings. The Morgan fingerprint density at radius 2 is 1.32 bits per heavy atom. The molecule has 2 heterocycles. The van der Waals surface area contributed by atoms with Crippen LogP contribution in [0.1, 0.15) is 11.5 Å². The van der Waals surface area contributed by atoms with Crippen molar-refractivity contribution in [1.29, 1.82) is 0 Å². The van der Waals surface area contributed by atoms with Crippen molar-refractivity contribution < 1.29 is 8.83 Å². The molecular weight excluding hydrogens is 395 g/mol. The van der Waals surface area contributed by atoms with Crippen LogP contribution in [0.25, 0.3) is 45.8 Å². The Balaban J connectivity index is 1.39. The van der Waals surface area contributed by atoms with Gasteiger partial charge in [0.25, 0.3) is 0 Å². The van der Waals surface area contributed by atoms with E-state index in [0.717, 1.165) is 22.2 Å². The minimum Gasteiger partial charge on any atom is -0.437 e. The van der Waals surface area contributed by atoms with E-state index in [1.165, 1.54) is 0 Å². The Hall–Kier alpha value is -3.08. The molecule has 28 heavy (non-hydrogen) atoms. The zero-order chi connectivity index (χ0) is 19.1. The lowest BCUT2D eigenvalue weighted by atomic mass is 10.1. The first-order valence-electron chi connectivity index (χ1n) is 8.55. The average Bonchev–Trinajstić information content (AvgIpc) is 3.29. The van der Waals surface area contributed by atoms with Gasteiger partial charge >= 0.3 is 0 Å². The third kappa shape index (κ3) is 3.28. The molecule has 4 nitrogen and oxygen atoms in total. The molecule has 0 bridgehead atoms. The highest BCUT2D eigenvalue weighted by molar-refractivity contribution is 6.31. The summed E-state index contributed by atoms with van der Waals surface area (Å²) >= 11 is 12.0. The van der Waals surface area contributed by atoms with E-state index >= 15 is 0 Å².